The molecule has 0 amide bonds. The van der Waals surface area contributed by atoms with Gasteiger partial charge >= 0.3 is 0 Å². The highest BCUT2D eigenvalue weighted by Crippen LogP contribution is 2.19. The Labute approximate surface area is 177 Å². The number of hydrogen-bond donors (Lipinski definition) is 1. The number of nitrogens with one attached hydrogen (secondary N) is 1. The molecule has 1 fully saturated rings. The van der Waals surface area contributed by atoms with E-state index < -0.39 is 0 Å². The molecule has 0 atom stereocenters. The van der Waals surface area contributed by atoms with Crippen molar-refractivity contribution in [3.63, 3.8) is 0 Å². The van der Waals surface area contributed by atoms with E-state index in [9.17, 15) is 4.39 Å². The maximum Gasteiger partial charge on any atom is 0.194 e. The molecule has 1 N–H and O–H groups in total. The standard InChI is InChI=1S/C22H31FN4O3/c1-28-15-9-25-22(24-8-7-19-4-3-14-30-19)27-12-10-26(11-13-27)17-18-5-6-21(29-2)20(23)16-18/h3-6,14,16H,7-13,15,17H2,1-2H3,(H,24,25). The molecule has 0 bridgehead atoms. The minimum absolute atomic E-state index is 0.279. The van der Waals surface area contributed by atoms with Crippen LogP contribution in [-0.2, 0) is 17.7 Å². The topological polar surface area (TPSA) is 62.5 Å². The highest BCUT2D eigenvalue weighted by molar-refractivity contribution is 5.80. The fraction of sp³-hybridized carbons (Fsp3) is 0.500. The van der Waals surface area contributed by atoms with Crippen molar-refractivity contribution >= 4 is 5.96 Å². The van der Waals surface area contributed by atoms with E-state index >= 15 is 0 Å². The summed E-state index contributed by atoms with van der Waals surface area (Å²) < 4.78 is 29.5. The molecule has 30 heavy (non-hydrogen) atoms. The Hall–Kier alpha value is -2.58. The predicted molar refractivity (Wildman–Crippen MR) is 114 cm³/mol. The highest BCUT2D eigenvalue weighted by Gasteiger charge is 2.20. The summed E-state index contributed by atoms with van der Waals surface area (Å²) in [5.41, 5.74) is 0.951. The number of rotatable bonds is 9. The molecule has 1 aromatic carbocycles. The lowest BCUT2D eigenvalue weighted by atomic mass is 10.2. The Morgan fingerprint density at radius 3 is 2.70 bits per heavy atom. The molecule has 1 saturated heterocycles. The van der Waals surface area contributed by atoms with E-state index in [1.807, 2.05) is 18.2 Å². The number of methoxy groups -OCH3 is 2. The van der Waals surface area contributed by atoms with Crippen molar-refractivity contribution in [3.8, 4) is 5.75 Å². The number of nitrogens with zero attached hydrogens (tertiary/aromatic N) is 3. The molecule has 0 saturated carbocycles. The van der Waals surface area contributed by atoms with Gasteiger partial charge < -0.3 is 24.1 Å². The molecule has 1 aliphatic rings. The third-order valence-electron chi connectivity index (χ3n) is 5.09. The van der Waals surface area contributed by atoms with Crippen LogP contribution in [0.25, 0.3) is 0 Å². The van der Waals surface area contributed by atoms with Gasteiger partial charge in [-0.3, -0.25) is 9.89 Å². The summed E-state index contributed by atoms with van der Waals surface area (Å²) >= 11 is 0. The summed E-state index contributed by atoms with van der Waals surface area (Å²) in [5.74, 6) is 1.81. The van der Waals surface area contributed by atoms with Crippen molar-refractivity contribution in [1.82, 2.24) is 15.1 Å². The summed E-state index contributed by atoms with van der Waals surface area (Å²) in [6.45, 7) is 6.17. The number of ether oxygens (including phenoxy) is 2. The highest BCUT2D eigenvalue weighted by atomic mass is 19.1. The van der Waals surface area contributed by atoms with Crippen LogP contribution in [0.4, 0.5) is 4.39 Å². The van der Waals surface area contributed by atoms with Gasteiger partial charge in [0, 0.05) is 52.8 Å². The molecule has 2 heterocycles. The number of benzene rings is 1. The molecular weight excluding hydrogens is 387 g/mol. The molecule has 1 aliphatic heterocycles. The minimum Gasteiger partial charge on any atom is -0.494 e. The summed E-state index contributed by atoms with van der Waals surface area (Å²) in [5, 5.41) is 3.45. The second-order valence-electron chi connectivity index (χ2n) is 7.19. The number of furan rings is 1. The lowest BCUT2D eigenvalue weighted by molar-refractivity contribution is 0.171. The van der Waals surface area contributed by atoms with Crippen LogP contribution in [0.15, 0.2) is 46.0 Å². The fourth-order valence-corrected chi connectivity index (χ4v) is 3.45. The molecule has 3 rings (SSSR count). The van der Waals surface area contributed by atoms with Gasteiger partial charge in [-0.15, -0.1) is 0 Å². The molecule has 1 aromatic heterocycles. The van der Waals surface area contributed by atoms with Gasteiger partial charge in [-0.2, -0.15) is 0 Å². The monoisotopic (exact) mass is 418 g/mol. The van der Waals surface area contributed by atoms with Crippen LogP contribution in [-0.4, -0.2) is 75.9 Å². The maximum atomic E-state index is 13.9. The van der Waals surface area contributed by atoms with E-state index in [-0.39, 0.29) is 11.6 Å². The Balaban J connectivity index is 1.51. The van der Waals surface area contributed by atoms with Gasteiger partial charge in [0.05, 0.1) is 26.5 Å². The predicted octanol–water partition coefficient (Wildman–Crippen LogP) is 2.38. The average molecular weight is 419 g/mol. The second-order valence-corrected chi connectivity index (χ2v) is 7.19. The summed E-state index contributed by atoms with van der Waals surface area (Å²) in [7, 11) is 3.16. The zero-order valence-electron chi connectivity index (χ0n) is 17.8. The SMILES string of the molecule is COCCN=C(NCCc1ccco1)N1CCN(Cc2ccc(OC)c(F)c2)CC1. The minimum atomic E-state index is -0.318. The molecular formula is C22H31FN4O3. The van der Waals surface area contributed by atoms with E-state index in [1.54, 1.807) is 25.5 Å². The van der Waals surface area contributed by atoms with Crippen LogP contribution >= 0.6 is 0 Å². The maximum absolute atomic E-state index is 13.9. The Morgan fingerprint density at radius 1 is 1.20 bits per heavy atom. The third-order valence-corrected chi connectivity index (χ3v) is 5.09. The first-order chi connectivity index (χ1) is 14.7. The fourth-order valence-electron chi connectivity index (χ4n) is 3.45. The number of aliphatic imine (C=N–C) groups is 1. The van der Waals surface area contributed by atoms with Gasteiger partial charge in [-0.1, -0.05) is 6.07 Å². The van der Waals surface area contributed by atoms with Crippen molar-refractivity contribution in [3.05, 3.63) is 53.7 Å². The van der Waals surface area contributed by atoms with Crippen molar-refractivity contribution < 1.29 is 18.3 Å². The average Bonchev–Trinajstić information content (AvgIpc) is 3.27. The van der Waals surface area contributed by atoms with Gasteiger partial charge in [0.2, 0.25) is 0 Å². The van der Waals surface area contributed by atoms with E-state index in [0.717, 1.165) is 63.0 Å². The first-order valence-electron chi connectivity index (χ1n) is 10.3. The lowest BCUT2D eigenvalue weighted by Crippen LogP contribution is -2.52. The number of piperazine rings is 1. The van der Waals surface area contributed by atoms with Crippen LogP contribution < -0.4 is 10.1 Å². The lowest BCUT2D eigenvalue weighted by Gasteiger charge is -2.36. The summed E-state index contributed by atoms with van der Waals surface area (Å²) in [6, 6.07) is 9.03. The van der Waals surface area contributed by atoms with Crippen molar-refractivity contribution in [1.29, 1.82) is 0 Å². The van der Waals surface area contributed by atoms with Crippen molar-refractivity contribution in [2.45, 2.75) is 13.0 Å². The largest absolute Gasteiger partial charge is 0.494 e. The third kappa shape index (κ3) is 6.47. The van der Waals surface area contributed by atoms with E-state index in [4.69, 9.17) is 13.9 Å². The zero-order valence-corrected chi connectivity index (χ0v) is 17.8. The smallest absolute Gasteiger partial charge is 0.194 e. The van der Waals surface area contributed by atoms with Crippen LogP contribution in [0.3, 0.4) is 0 Å². The van der Waals surface area contributed by atoms with Gasteiger partial charge in [0.25, 0.3) is 0 Å². The molecule has 164 valence electrons. The molecule has 0 unspecified atom stereocenters. The van der Waals surface area contributed by atoms with Gasteiger partial charge in [-0.25, -0.2) is 4.39 Å². The first-order valence-corrected chi connectivity index (χ1v) is 10.3. The van der Waals surface area contributed by atoms with Gasteiger partial charge in [0.1, 0.15) is 5.76 Å². The van der Waals surface area contributed by atoms with Crippen LogP contribution in [0.2, 0.25) is 0 Å². The molecule has 7 nitrogen and oxygen atoms in total. The summed E-state index contributed by atoms with van der Waals surface area (Å²) in [6.07, 6.45) is 2.50. The number of hydrogen-bond acceptors (Lipinski definition) is 5. The van der Waals surface area contributed by atoms with Crippen LogP contribution in [0, 0.1) is 5.82 Å². The number of guanidine groups is 1. The van der Waals surface area contributed by atoms with E-state index in [1.165, 1.54) is 7.11 Å². The Morgan fingerprint density at radius 2 is 2.03 bits per heavy atom. The van der Waals surface area contributed by atoms with Crippen LogP contribution in [0.5, 0.6) is 5.75 Å². The molecule has 0 spiro atoms. The molecule has 8 heteroatoms. The van der Waals surface area contributed by atoms with E-state index in [2.05, 4.69) is 20.1 Å². The quantitative estimate of drug-likeness (QED) is 0.383. The van der Waals surface area contributed by atoms with Crippen molar-refractivity contribution in [2.24, 2.45) is 4.99 Å². The molecule has 0 radical (unpaired) electrons. The second kappa shape index (κ2) is 11.6. The van der Waals surface area contributed by atoms with Gasteiger partial charge in [-0.05, 0) is 29.8 Å². The number of halogens is 1. The first kappa shape index (κ1) is 22.1. The Kier molecular flexibility index (Phi) is 8.53. The van der Waals surface area contributed by atoms with E-state index in [0.29, 0.717) is 13.2 Å². The Bertz CT molecular complexity index is 790. The van der Waals surface area contributed by atoms with Crippen molar-refractivity contribution in [2.75, 3.05) is 60.1 Å². The zero-order chi connectivity index (χ0) is 21.2. The molecule has 2 aromatic rings. The van der Waals surface area contributed by atoms with Crippen LogP contribution in [0.1, 0.15) is 11.3 Å². The van der Waals surface area contributed by atoms with Gasteiger partial charge in [0.15, 0.2) is 17.5 Å². The summed E-state index contributed by atoms with van der Waals surface area (Å²) in [4.78, 5) is 9.28. The normalized spacial score (nSPS) is 15.4. The molecule has 0 aliphatic carbocycles.